The van der Waals surface area contributed by atoms with Crippen LogP contribution in [0.3, 0.4) is 0 Å². The van der Waals surface area contributed by atoms with Crippen LogP contribution < -0.4 is 27.5 Å². The summed E-state index contributed by atoms with van der Waals surface area (Å²) in [6, 6.07) is 3.13. The zero-order valence-electron chi connectivity index (χ0n) is 27.6. The molecule has 48 heavy (non-hydrogen) atoms. The highest BCUT2D eigenvalue weighted by molar-refractivity contribution is 5.92. The number of aromatic nitrogens is 2. The van der Waals surface area contributed by atoms with Crippen molar-refractivity contribution in [2.45, 2.75) is 78.7 Å². The molecule has 14 heteroatoms. The van der Waals surface area contributed by atoms with E-state index < -0.39 is 48.3 Å². The van der Waals surface area contributed by atoms with Crippen LogP contribution in [0, 0.1) is 12.7 Å². The number of rotatable bonds is 5. The van der Waals surface area contributed by atoms with Gasteiger partial charge in [-0.2, -0.15) is 0 Å². The van der Waals surface area contributed by atoms with Crippen LogP contribution >= 0.6 is 0 Å². The van der Waals surface area contributed by atoms with Gasteiger partial charge in [0.1, 0.15) is 29.3 Å². The molecule has 3 aliphatic rings. The van der Waals surface area contributed by atoms with Crippen molar-refractivity contribution in [3.05, 3.63) is 82.1 Å². The lowest BCUT2D eigenvalue weighted by atomic mass is 9.85. The van der Waals surface area contributed by atoms with Crippen molar-refractivity contribution >= 4 is 28.2 Å². The standard InChI is InChI=1S/C22H17FN2O4.C8H12N2O5.2C2H6/c1-9-10-3-2-4-11-13-7-25-17(19(13)24-16(18(10)11)6-15(9)23)5-12-14(21(25)27)8-29-22(28)20(12)26;9-4-5(7(15)6(4)14)10-8(1-11,2-12)3-13;2*1-2/h5-6,20,26H,2-4,7-8H2,1H3;10-13H,1-3,9H2;2*1-2H3. The number of carbonyl (C=O) groups excluding carboxylic acids is 1. The zero-order valence-corrected chi connectivity index (χ0v) is 27.6. The SMILES string of the molecule is CC.CC.Cc1c(F)cc2nc3c(c4c2c1CCC4)Cn1c-3cc2c(c1=O)COC(=O)C2O.Nc1c(NC(CO)(CO)CO)c(=O)c1=O. The molecule has 2 aromatic carbocycles. The molecule has 7 N–H and O–H groups in total. The molecule has 0 amide bonds. The first kappa shape index (κ1) is 36.3. The fourth-order valence-corrected chi connectivity index (χ4v) is 6.13. The van der Waals surface area contributed by atoms with Crippen molar-refractivity contribution in [3.63, 3.8) is 0 Å². The number of ether oxygens (including phenoxy) is 1. The second-order valence-corrected chi connectivity index (χ2v) is 11.3. The van der Waals surface area contributed by atoms with Crippen molar-refractivity contribution in [2.75, 3.05) is 30.9 Å². The fraction of sp³-hybridized carbons (Fsp3) is 0.441. The number of hydrogen-bond donors (Lipinski definition) is 6. The summed E-state index contributed by atoms with van der Waals surface area (Å²) in [4.78, 5) is 51.4. The molecule has 2 aromatic heterocycles. The summed E-state index contributed by atoms with van der Waals surface area (Å²) in [5, 5.41) is 40.4. The van der Waals surface area contributed by atoms with E-state index in [-0.39, 0.29) is 34.9 Å². The normalized spacial score (nSPS) is 15.5. The Morgan fingerprint density at radius 3 is 2.21 bits per heavy atom. The van der Waals surface area contributed by atoms with Gasteiger partial charge in [-0.15, -0.1) is 0 Å². The summed E-state index contributed by atoms with van der Waals surface area (Å²) in [6.07, 6.45) is 1.12. The van der Waals surface area contributed by atoms with E-state index in [4.69, 9.17) is 30.8 Å². The van der Waals surface area contributed by atoms with Gasteiger partial charge in [0.15, 0.2) is 6.10 Å². The van der Waals surface area contributed by atoms with Crippen LogP contribution in [0.1, 0.15) is 73.6 Å². The number of hydrogen-bond acceptors (Lipinski definition) is 12. The Morgan fingerprint density at radius 1 is 0.979 bits per heavy atom. The molecular formula is C34H41FN4O9. The molecule has 0 bridgehead atoms. The molecule has 0 spiro atoms. The zero-order chi connectivity index (χ0) is 35.7. The summed E-state index contributed by atoms with van der Waals surface area (Å²) < 4.78 is 21.1. The van der Waals surface area contributed by atoms with Crippen LogP contribution in [0.2, 0.25) is 0 Å². The van der Waals surface area contributed by atoms with Crippen molar-refractivity contribution in [1.29, 1.82) is 0 Å². The van der Waals surface area contributed by atoms with Crippen LogP contribution in [0.25, 0.3) is 22.3 Å². The van der Waals surface area contributed by atoms with Gasteiger partial charge in [-0.25, -0.2) is 14.2 Å². The van der Waals surface area contributed by atoms with Gasteiger partial charge in [-0.05, 0) is 48.9 Å². The van der Waals surface area contributed by atoms with Gasteiger partial charge >= 0.3 is 5.97 Å². The maximum absolute atomic E-state index is 14.5. The van der Waals surface area contributed by atoms with Gasteiger partial charge in [-0.1, -0.05) is 27.7 Å². The molecular weight excluding hydrogens is 627 g/mol. The second-order valence-electron chi connectivity index (χ2n) is 11.3. The van der Waals surface area contributed by atoms with Crippen molar-refractivity contribution in [2.24, 2.45) is 0 Å². The summed E-state index contributed by atoms with van der Waals surface area (Å²) in [7, 11) is 0. The van der Waals surface area contributed by atoms with Gasteiger partial charge in [0.25, 0.3) is 16.4 Å². The van der Waals surface area contributed by atoms with Gasteiger partial charge in [0.05, 0.1) is 48.8 Å². The maximum atomic E-state index is 14.5. The van der Waals surface area contributed by atoms with Crippen LogP contribution in [0.4, 0.5) is 15.8 Å². The van der Waals surface area contributed by atoms with Crippen molar-refractivity contribution in [1.82, 2.24) is 9.55 Å². The second kappa shape index (κ2) is 14.3. The van der Waals surface area contributed by atoms with Gasteiger partial charge in [-0.3, -0.25) is 14.4 Å². The molecule has 1 unspecified atom stereocenters. The van der Waals surface area contributed by atoms with E-state index in [1.807, 2.05) is 27.7 Å². The molecule has 1 atom stereocenters. The Bertz CT molecular complexity index is 2000. The number of halogens is 1. The minimum atomic E-state index is -1.48. The average Bonchev–Trinajstić information content (AvgIpc) is 3.50. The first-order valence-corrected chi connectivity index (χ1v) is 15.9. The summed E-state index contributed by atoms with van der Waals surface area (Å²) in [6.45, 7) is 8.25. The summed E-state index contributed by atoms with van der Waals surface area (Å²) >= 11 is 0. The largest absolute Gasteiger partial charge is 0.458 e. The van der Waals surface area contributed by atoms with E-state index in [1.165, 1.54) is 6.07 Å². The molecule has 13 nitrogen and oxygen atoms in total. The number of anilines is 2. The third-order valence-electron chi connectivity index (χ3n) is 8.79. The van der Waals surface area contributed by atoms with Crippen LogP contribution in [-0.2, 0) is 35.5 Å². The fourth-order valence-electron chi connectivity index (χ4n) is 6.13. The molecule has 4 aromatic rings. The van der Waals surface area contributed by atoms with E-state index in [9.17, 15) is 28.7 Å². The number of aryl methyl sites for hydroxylation is 2. The van der Waals surface area contributed by atoms with Crippen LogP contribution in [0.15, 0.2) is 26.5 Å². The summed E-state index contributed by atoms with van der Waals surface area (Å²) in [5.41, 5.74) is 7.61. The molecule has 258 valence electrons. The van der Waals surface area contributed by atoms with Gasteiger partial charge < -0.3 is 40.8 Å². The number of nitrogen functional groups attached to an aromatic ring is 1. The highest BCUT2D eigenvalue weighted by atomic mass is 19.1. The number of nitrogens with one attached hydrogen (secondary N) is 1. The Balaban J connectivity index is 0.000000233. The van der Waals surface area contributed by atoms with E-state index in [1.54, 1.807) is 17.6 Å². The predicted octanol–water partition coefficient (Wildman–Crippen LogP) is 1.50. The third-order valence-corrected chi connectivity index (χ3v) is 8.79. The Labute approximate surface area is 275 Å². The van der Waals surface area contributed by atoms with Gasteiger partial charge in [0.2, 0.25) is 0 Å². The highest BCUT2D eigenvalue weighted by Gasteiger charge is 2.36. The number of esters is 1. The lowest BCUT2D eigenvalue weighted by Gasteiger charge is -2.30. The molecule has 0 saturated carbocycles. The lowest BCUT2D eigenvalue weighted by Crippen LogP contribution is -2.53. The quantitative estimate of drug-likeness (QED) is 0.116. The van der Waals surface area contributed by atoms with Crippen molar-refractivity contribution in [3.8, 4) is 11.4 Å². The van der Waals surface area contributed by atoms with E-state index in [0.29, 0.717) is 34.6 Å². The number of aliphatic hydroxyl groups excluding tert-OH is 4. The number of cyclic esters (lactones) is 1. The molecule has 7 rings (SSSR count). The number of nitrogens with zero attached hydrogens (tertiary/aromatic N) is 2. The first-order chi connectivity index (χ1) is 23.0. The molecule has 2 aliphatic heterocycles. The maximum Gasteiger partial charge on any atom is 0.340 e. The van der Waals surface area contributed by atoms with Gasteiger partial charge in [0, 0.05) is 22.6 Å². The number of pyridine rings is 2. The monoisotopic (exact) mass is 668 g/mol. The highest BCUT2D eigenvalue weighted by Crippen LogP contribution is 2.42. The van der Waals surface area contributed by atoms with Crippen LogP contribution in [-0.4, -0.2) is 61.3 Å². The smallest absolute Gasteiger partial charge is 0.340 e. The predicted molar refractivity (Wildman–Crippen MR) is 178 cm³/mol. The molecule has 0 saturated heterocycles. The number of aliphatic hydroxyl groups is 4. The molecule has 1 aliphatic carbocycles. The lowest BCUT2D eigenvalue weighted by molar-refractivity contribution is -0.157. The van der Waals surface area contributed by atoms with Crippen LogP contribution in [0.5, 0.6) is 0 Å². The number of benzene rings is 1. The minimum absolute atomic E-state index is 0.141. The molecule has 0 radical (unpaired) electrons. The third kappa shape index (κ3) is 5.78. The molecule has 4 heterocycles. The minimum Gasteiger partial charge on any atom is -0.458 e. The number of fused-ring (bicyclic) bond motifs is 5. The number of nitrogens with two attached hydrogens (primary N) is 1. The molecule has 0 fully saturated rings. The van der Waals surface area contributed by atoms with Crippen molar-refractivity contribution < 1.29 is 34.3 Å². The Morgan fingerprint density at radius 2 is 1.60 bits per heavy atom. The topological polar surface area (TPSA) is 214 Å². The van der Waals surface area contributed by atoms with E-state index in [0.717, 1.165) is 41.3 Å². The van der Waals surface area contributed by atoms with E-state index >= 15 is 0 Å². The Kier molecular flexibility index (Phi) is 10.8. The summed E-state index contributed by atoms with van der Waals surface area (Å²) in [5.74, 6) is -1.03. The average molecular weight is 669 g/mol. The number of carbonyl (C=O) groups is 1. The Hall–Kier alpha value is -4.50. The van der Waals surface area contributed by atoms with E-state index in [2.05, 4.69) is 5.32 Å². The first-order valence-electron chi connectivity index (χ1n) is 15.9.